The first kappa shape index (κ1) is 13.4. The summed E-state index contributed by atoms with van der Waals surface area (Å²) < 4.78 is 0. The molecule has 0 fully saturated rings. The molecule has 0 saturated heterocycles. The lowest BCUT2D eigenvalue weighted by atomic mass is 9.99. The molecule has 3 nitrogen and oxygen atoms in total. The van der Waals surface area contributed by atoms with Crippen LogP contribution in [0.1, 0.15) is 34.1 Å². The number of rotatable bonds is 4. The molecule has 0 saturated carbocycles. The number of nitrogens with zero attached hydrogens (tertiary/aromatic N) is 1. The van der Waals surface area contributed by atoms with Gasteiger partial charge in [0.25, 0.3) is 11.8 Å². The van der Waals surface area contributed by atoms with E-state index in [1.165, 1.54) is 11.0 Å². The van der Waals surface area contributed by atoms with Crippen molar-refractivity contribution in [1.82, 2.24) is 4.90 Å². The third-order valence-electron chi connectivity index (χ3n) is 3.17. The Morgan fingerprint density at radius 2 is 1.76 bits per heavy atom. The molecule has 92 valence electrons. The highest BCUT2D eigenvalue weighted by molar-refractivity contribution is 6.22. The molecule has 1 aliphatic heterocycles. The lowest BCUT2D eigenvalue weighted by Crippen LogP contribution is -2.48. The molecule has 3 heteroatoms. The highest BCUT2D eigenvalue weighted by Gasteiger charge is 2.42. The van der Waals surface area contributed by atoms with E-state index in [1.54, 1.807) is 12.2 Å². The fraction of sp³-hybridized carbons (Fsp3) is 0.429. The molecule has 1 heterocycles. The average molecular weight is 233 g/mol. The van der Waals surface area contributed by atoms with Crippen LogP contribution in [0.4, 0.5) is 0 Å². The van der Waals surface area contributed by atoms with Crippen molar-refractivity contribution in [1.29, 1.82) is 0 Å². The Kier molecular flexibility index (Phi) is 3.71. The minimum Gasteiger partial charge on any atom is -0.269 e. The number of carbonyl (C=O) groups excluding carboxylic acids is 2. The quantitative estimate of drug-likeness (QED) is 0.700. The van der Waals surface area contributed by atoms with E-state index >= 15 is 0 Å². The molecule has 2 amide bonds. The van der Waals surface area contributed by atoms with Gasteiger partial charge in [0.15, 0.2) is 0 Å². The predicted octanol–water partition coefficient (Wildman–Crippen LogP) is 2.60. The van der Waals surface area contributed by atoms with Crippen LogP contribution in [-0.2, 0) is 9.59 Å². The van der Waals surface area contributed by atoms with Crippen molar-refractivity contribution < 1.29 is 9.59 Å². The van der Waals surface area contributed by atoms with Gasteiger partial charge in [0.1, 0.15) is 0 Å². The molecule has 0 aromatic rings. The smallest absolute Gasteiger partial charge is 0.262 e. The molecule has 17 heavy (non-hydrogen) atoms. The van der Waals surface area contributed by atoms with Crippen molar-refractivity contribution in [3.05, 3.63) is 36.0 Å². The second kappa shape index (κ2) is 4.70. The van der Waals surface area contributed by atoms with Crippen LogP contribution < -0.4 is 0 Å². The van der Waals surface area contributed by atoms with Gasteiger partial charge in [-0.05, 0) is 27.2 Å². The predicted molar refractivity (Wildman–Crippen MR) is 68.3 cm³/mol. The molecule has 0 unspecified atom stereocenters. The fourth-order valence-corrected chi connectivity index (χ4v) is 1.80. The van der Waals surface area contributed by atoms with E-state index in [-0.39, 0.29) is 11.8 Å². The Hall–Kier alpha value is -1.64. The van der Waals surface area contributed by atoms with Crippen molar-refractivity contribution in [2.75, 3.05) is 0 Å². The van der Waals surface area contributed by atoms with Crippen LogP contribution in [0.15, 0.2) is 36.0 Å². The van der Waals surface area contributed by atoms with Crippen LogP contribution >= 0.6 is 0 Å². The summed E-state index contributed by atoms with van der Waals surface area (Å²) in [6, 6.07) is 0. The zero-order chi connectivity index (χ0) is 13.2. The van der Waals surface area contributed by atoms with Crippen LogP contribution in [-0.4, -0.2) is 22.3 Å². The minimum atomic E-state index is -0.467. The molecule has 0 atom stereocenters. The largest absolute Gasteiger partial charge is 0.269 e. The maximum Gasteiger partial charge on any atom is 0.262 e. The highest BCUT2D eigenvalue weighted by Crippen LogP contribution is 2.30. The summed E-state index contributed by atoms with van der Waals surface area (Å²) in [6.45, 7) is 11.2. The average Bonchev–Trinajstić information content (AvgIpc) is 2.51. The first-order chi connectivity index (χ1) is 7.90. The van der Waals surface area contributed by atoms with Crippen molar-refractivity contribution >= 4 is 11.8 Å². The Morgan fingerprint density at radius 1 is 1.24 bits per heavy atom. The first-order valence-electron chi connectivity index (χ1n) is 5.79. The van der Waals surface area contributed by atoms with Crippen LogP contribution in [0.3, 0.4) is 0 Å². The monoisotopic (exact) mass is 233 g/mol. The summed E-state index contributed by atoms with van der Waals surface area (Å²) in [5.74, 6) is -0.472. The van der Waals surface area contributed by atoms with E-state index in [1.807, 2.05) is 27.7 Å². The number of hydrogen-bond donors (Lipinski definition) is 0. The number of allylic oxidation sites excluding steroid dienone is 1. The van der Waals surface area contributed by atoms with Crippen LogP contribution in [0.2, 0.25) is 0 Å². The summed E-state index contributed by atoms with van der Waals surface area (Å²) >= 11 is 0. The Bertz CT molecular complexity index is 428. The zero-order valence-corrected chi connectivity index (χ0v) is 10.9. The molecule has 0 aliphatic carbocycles. The van der Waals surface area contributed by atoms with Gasteiger partial charge in [-0.1, -0.05) is 31.7 Å². The summed E-state index contributed by atoms with van der Waals surface area (Å²) in [4.78, 5) is 25.7. The van der Waals surface area contributed by atoms with E-state index in [2.05, 4.69) is 6.58 Å². The van der Waals surface area contributed by atoms with Gasteiger partial charge in [-0.15, -0.1) is 0 Å². The lowest BCUT2D eigenvalue weighted by molar-refractivity contribution is -0.143. The van der Waals surface area contributed by atoms with E-state index in [4.69, 9.17) is 0 Å². The molecule has 1 rings (SSSR count). The summed E-state index contributed by atoms with van der Waals surface area (Å²) in [6.07, 6.45) is 5.61. The van der Waals surface area contributed by atoms with E-state index in [9.17, 15) is 9.59 Å². The molecule has 1 aliphatic rings. The maximum atomic E-state index is 12.2. The van der Waals surface area contributed by atoms with Gasteiger partial charge in [-0.2, -0.15) is 0 Å². The fourth-order valence-electron chi connectivity index (χ4n) is 1.80. The maximum absolute atomic E-state index is 12.2. The van der Waals surface area contributed by atoms with E-state index in [0.717, 1.165) is 6.42 Å². The summed E-state index contributed by atoms with van der Waals surface area (Å²) in [5, 5.41) is 0. The minimum absolute atomic E-state index is 0.227. The normalized spacial score (nSPS) is 17.5. The molecule has 0 spiro atoms. The van der Waals surface area contributed by atoms with Crippen molar-refractivity contribution in [3.8, 4) is 0 Å². The summed E-state index contributed by atoms with van der Waals surface area (Å²) in [7, 11) is 0. The molecule has 0 aromatic heterocycles. The third-order valence-corrected chi connectivity index (χ3v) is 3.17. The molecule has 0 radical (unpaired) electrons. The van der Waals surface area contributed by atoms with Crippen LogP contribution in [0.5, 0.6) is 0 Å². The van der Waals surface area contributed by atoms with Crippen molar-refractivity contribution in [3.63, 3.8) is 0 Å². The number of imide groups is 1. The van der Waals surface area contributed by atoms with Gasteiger partial charge in [-0.3, -0.25) is 14.5 Å². The number of hydrogen-bond acceptors (Lipinski definition) is 2. The van der Waals surface area contributed by atoms with Gasteiger partial charge < -0.3 is 0 Å². The van der Waals surface area contributed by atoms with Gasteiger partial charge in [0.05, 0.1) is 11.1 Å². The van der Waals surface area contributed by atoms with Crippen LogP contribution in [0.25, 0.3) is 0 Å². The van der Waals surface area contributed by atoms with Crippen molar-refractivity contribution in [2.45, 2.75) is 39.7 Å². The first-order valence-corrected chi connectivity index (χ1v) is 5.79. The Labute approximate surface area is 102 Å². The molecule has 0 bridgehead atoms. The lowest BCUT2D eigenvalue weighted by Gasteiger charge is -2.33. The zero-order valence-electron chi connectivity index (χ0n) is 10.9. The number of carbonyl (C=O) groups is 2. The van der Waals surface area contributed by atoms with Crippen molar-refractivity contribution in [2.24, 2.45) is 0 Å². The second-order valence-electron chi connectivity index (χ2n) is 4.64. The van der Waals surface area contributed by atoms with Gasteiger partial charge in [-0.25, -0.2) is 0 Å². The third kappa shape index (κ3) is 2.09. The highest BCUT2D eigenvalue weighted by atomic mass is 16.2. The molecule has 0 N–H and O–H groups in total. The summed E-state index contributed by atoms with van der Waals surface area (Å²) in [5.41, 5.74) is 0.370. The van der Waals surface area contributed by atoms with E-state index in [0.29, 0.717) is 11.1 Å². The standard InChI is InChI=1S/C14H19NO2/c1-6-9-11-10(7-2)12(16)15(13(11)17)14(4,5)8-3/h6-7,9H,2,8H2,1,3-5H3/b9-6-. The van der Waals surface area contributed by atoms with Gasteiger partial charge >= 0.3 is 0 Å². The molecular formula is C14H19NO2. The Morgan fingerprint density at radius 3 is 2.18 bits per heavy atom. The number of amides is 2. The molecule has 0 aromatic carbocycles. The molecular weight excluding hydrogens is 214 g/mol. The SMILES string of the molecule is C=CC1=C(/C=C\C)C(=O)N(C(C)(C)CC)C1=O. The Balaban J connectivity index is 3.28. The van der Waals surface area contributed by atoms with Gasteiger partial charge in [0, 0.05) is 5.54 Å². The van der Waals surface area contributed by atoms with Gasteiger partial charge in [0.2, 0.25) is 0 Å². The topological polar surface area (TPSA) is 37.4 Å². The van der Waals surface area contributed by atoms with E-state index < -0.39 is 5.54 Å². The van der Waals surface area contributed by atoms with Crippen LogP contribution in [0, 0.1) is 0 Å². The second-order valence-corrected chi connectivity index (χ2v) is 4.64.